The quantitative estimate of drug-likeness (QED) is 0.300. The maximum absolute atomic E-state index is 13.2. The maximum atomic E-state index is 13.2. The Labute approximate surface area is 139 Å². The van der Waals surface area contributed by atoms with Crippen molar-refractivity contribution in [2.45, 2.75) is 17.5 Å². The Morgan fingerprint density at radius 1 is 1.22 bits per heavy atom. The Kier molecular flexibility index (Phi) is 5.47. The highest BCUT2D eigenvalue weighted by Gasteiger charge is 2.66. The molecule has 0 aliphatic heterocycles. The monoisotopic (exact) mass is 476 g/mol. The van der Waals surface area contributed by atoms with Gasteiger partial charge in [-0.15, -0.1) is 0 Å². The van der Waals surface area contributed by atoms with E-state index in [0.29, 0.717) is 3.57 Å². The number of aromatic hydroxyl groups is 1. The van der Waals surface area contributed by atoms with E-state index >= 15 is 0 Å². The predicted molar refractivity (Wildman–Crippen MR) is 72.6 cm³/mol. The summed E-state index contributed by atoms with van der Waals surface area (Å²) in [6.07, 6.45) is -10.5. The third-order valence-electron chi connectivity index (χ3n) is 2.35. The molecule has 0 saturated heterocycles. The molecule has 0 saturated carbocycles. The van der Waals surface area contributed by atoms with Crippen LogP contribution in [0.4, 0.5) is 22.0 Å². The number of benzene rings is 1. The van der Waals surface area contributed by atoms with Crippen LogP contribution in [0.15, 0.2) is 18.2 Å². The lowest BCUT2D eigenvalue weighted by molar-refractivity contribution is -0.248. The summed E-state index contributed by atoms with van der Waals surface area (Å²) in [6, 6.07) is 2.87. The zero-order valence-corrected chi connectivity index (χ0v) is 13.5. The van der Waals surface area contributed by atoms with E-state index in [4.69, 9.17) is 4.55 Å². The van der Waals surface area contributed by atoms with Gasteiger partial charge < -0.3 is 9.84 Å². The highest BCUT2D eigenvalue weighted by Crippen LogP contribution is 2.38. The third-order valence-corrected chi connectivity index (χ3v) is 3.92. The van der Waals surface area contributed by atoms with Crippen molar-refractivity contribution in [3.63, 3.8) is 0 Å². The number of ether oxygens (including phenoxy) is 1. The number of halogens is 6. The van der Waals surface area contributed by atoms with E-state index in [2.05, 4.69) is 4.74 Å². The molecule has 23 heavy (non-hydrogen) atoms. The molecule has 130 valence electrons. The fourth-order valence-electron chi connectivity index (χ4n) is 1.31. The van der Waals surface area contributed by atoms with Crippen molar-refractivity contribution >= 4 is 38.7 Å². The molecule has 0 bridgehead atoms. The van der Waals surface area contributed by atoms with E-state index in [9.17, 15) is 40.3 Å². The zero-order valence-electron chi connectivity index (χ0n) is 10.5. The van der Waals surface area contributed by atoms with Gasteiger partial charge in [0.25, 0.3) is 6.10 Å². The second kappa shape index (κ2) is 6.35. The van der Waals surface area contributed by atoms with Gasteiger partial charge in [0.1, 0.15) is 11.3 Å². The molecule has 1 aromatic carbocycles. The Hall–Kier alpha value is -1.22. The number of phenolic OH excluding ortho intramolecular Hbond substituents is 1. The number of carbonyl (C=O) groups excluding carboxylic acids is 1. The van der Waals surface area contributed by atoms with Crippen molar-refractivity contribution in [3.8, 4) is 5.75 Å². The molecule has 13 heteroatoms. The van der Waals surface area contributed by atoms with E-state index in [1.807, 2.05) is 0 Å². The normalized spacial score (nSPS) is 14.4. The minimum absolute atomic E-state index is 0.368. The predicted octanol–water partition coefficient (Wildman–Crippen LogP) is 2.57. The van der Waals surface area contributed by atoms with Gasteiger partial charge in [0.15, 0.2) is 0 Å². The molecule has 0 heterocycles. The number of hydrogen-bond donors (Lipinski definition) is 2. The van der Waals surface area contributed by atoms with Crippen molar-refractivity contribution in [2.75, 3.05) is 0 Å². The van der Waals surface area contributed by atoms with Crippen LogP contribution in [0.25, 0.3) is 0 Å². The van der Waals surface area contributed by atoms with Gasteiger partial charge in [-0.05, 0) is 40.8 Å². The number of alkyl halides is 5. The fourth-order valence-corrected chi connectivity index (χ4v) is 2.24. The molecule has 0 amide bonds. The van der Waals surface area contributed by atoms with Crippen LogP contribution in [0.5, 0.6) is 5.75 Å². The van der Waals surface area contributed by atoms with Gasteiger partial charge in [-0.3, -0.25) is 4.55 Å². The molecule has 0 aromatic heterocycles. The number of hydrogen-bond acceptors (Lipinski definition) is 5. The molecule has 1 unspecified atom stereocenters. The Bertz CT molecular complexity index is 717. The summed E-state index contributed by atoms with van der Waals surface area (Å²) in [5.74, 6) is -2.91. The number of rotatable bonds is 4. The molecule has 0 aliphatic rings. The van der Waals surface area contributed by atoms with Crippen LogP contribution in [0.3, 0.4) is 0 Å². The van der Waals surface area contributed by atoms with Crippen LogP contribution in [-0.2, 0) is 14.9 Å². The Morgan fingerprint density at radius 2 is 1.74 bits per heavy atom. The van der Waals surface area contributed by atoms with Gasteiger partial charge in [0, 0.05) is 3.57 Å². The van der Waals surface area contributed by atoms with E-state index in [-0.39, 0.29) is 0 Å². The van der Waals surface area contributed by atoms with E-state index in [1.54, 1.807) is 22.6 Å². The second-order valence-corrected chi connectivity index (χ2v) is 6.77. The third kappa shape index (κ3) is 4.41. The van der Waals surface area contributed by atoms with Crippen molar-refractivity contribution in [1.82, 2.24) is 0 Å². The van der Waals surface area contributed by atoms with Gasteiger partial charge in [0.2, 0.25) is 0 Å². The van der Waals surface area contributed by atoms with E-state index < -0.39 is 44.9 Å². The average molecular weight is 476 g/mol. The Morgan fingerprint density at radius 3 is 2.13 bits per heavy atom. The second-order valence-electron chi connectivity index (χ2n) is 4.03. The van der Waals surface area contributed by atoms with Gasteiger partial charge in [-0.1, -0.05) is 0 Å². The first-order valence-electron chi connectivity index (χ1n) is 5.29. The molecule has 6 nitrogen and oxygen atoms in total. The number of phenols is 1. The van der Waals surface area contributed by atoms with Gasteiger partial charge in [-0.25, -0.2) is 4.79 Å². The SMILES string of the molecule is O=C(OC(C(F)(F)F)C(F)(F)S(=O)(=O)O)c1ccc(I)cc1O. The van der Waals surface area contributed by atoms with E-state index in [0.717, 1.165) is 18.2 Å². The summed E-state index contributed by atoms with van der Waals surface area (Å²) in [5, 5.41) is 3.56. The largest absolute Gasteiger partial charge is 0.507 e. The number of esters is 1. The fraction of sp³-hybridized carbons (Fsp3) is 0.300. The van der Waals surface area contributed by atoms with Gasteiger partial charge >= 0.3 is 27.5 Å². The highest BCUT2D eigenvalue weighted by atomic mass is 127. The summed E-state index contributed by atoms with van der Waals surface area (Å²) in [5.41, 5.74) is -0.897. The lowest BCUT2D eigenvalue weighted by Crippen LogP contribution is -2.52. The first-order chi connectivity index (χ1) is 10.2. The summed E-state index contributed by atoms with van der Waals surface area (Å²) < 4.78 is 97.2. The molecule has 0 fully saturated rings. The first-order valence-corrected chi connectivity index (χ1v) is 7.81. The van der Waals surface area contributed by atoms with Crippen molar-refractivity contribution < 1.29 is 49.6 Å². The lowest BCUT2D eigenvalue weighted by Gasteiger charge is -2.26. The lowest BCUT2D eigenvalue weighted by atomic mass is 10.2. The minimum atomic E-state index is -6.52. The van der Waals surface area contributed by atoms with Gasteiger partial charge in [-0.2, -0.15) is 30.4 Å². The number of carbonyl (C=O) groups is 1. The molecule has 1 atom stereocenters. The van der Waals surface area contributed by atoms with Crippen LogP contribution in [0, 0.1) is 3.57 Å². The van der Waals surface area contributed by atoms with Crippen molar-refractivity contribution in [3.05, 3.63) is 27.3 Å². The summed E-state index contributed by atoms with van der Waals surface area (Å²) >= 11 is 1.68. The van der Waals surface area contributed by atoms with Crippen LogP contribution in [0.1, 0.15) is 10.4 Å². The maximum Gasteiger partial charge on any atom is 0.432 e. The molecule has 0 radical (unpaired) electrons. The zero-order chi connectivity index (χ0) is 18.2. The van der Waals surface area contributed by atoms with Crippen molar-refractivity contribution in [2.24, 2.45) is 0 Å². The smallest absolute Gasteiger partial charge is 0.432 e. The molecule has 0 aliphatic carbocycles. The molecular weight excluding hydrogens is 470 g/mol. The molecular formula is C10H6F5IO6S. The molecule has 0 spiro atoms. The standard InChI is InChI=1S/C10H6F5IO6S/c11-9(12,13)8(10(14,15)23(19,20)21)22-7(18)5-2-1-4(16)3-6(5)17/h1-3,8,17H,(H,19,20,21). The first kappa shape index (κ1) is 19.8. The summed E-state index contributed by atoms with van der Waals surface area (Å²) in [4.78, 5) is 11.5. The summed E-state index contributed by atoms with van der Waals surface area (Å²) in [6.45, 7) is 0. The molecule has 2 N–H and O–H groups in total. The topological polar surface area (TPSA) is 101 Å². The minimum Gasteiger partial charge on any atom is -0.507 e. The molecule has 1 rings (SSSR count). The van der Waals surface area contributed by atoms with Crippen LogP contribution in [-0.4, -0.2) is 41.6 Å². The van der Waals surface area contributed by atoms with Gasteiger partial charge in [0.05, 0.1) is 0 Å². The summed E-state index contributed by atoms with van der Waals surface area (Å²) in [7, 11) is -6.52. The highest BCUT2D eigenvalue weighted by molar-refractivity contribution is 14.1. The molecule has 1 aromatic rings. The van der Waals surface area contributed by atoms with E-state index in [1.165, 1.54) is 0 Å². The van der Waals surface area contributed by atoms with Crippen LogP contribution < -0.4 is 0 Å². The van der Waals surface area contributed by atoms with Crippen LogP contribution >= 0.6 is 22.6 Å². The van der Waals surface area contributed by atoms with Crippen LogP contribution in [0.2, 0.25) is 0 Å². The van der Waals surface area contributed by atoms with Crippen molar-refractivity contribution in [1.29, 1.82) is 0 Å². The average Bonchev–Trinajstić information content (AvgIpc) is 2.32. The Balaban J connectivity index is 3.25.